The van der Waals surface area contributed by atoms with E-state index >= 15 is 0 Å². The van der Waals surface area contributed by atoms with E-state index in [-0.39, 0.29) is 16.9 Å². The summed E-state index contributed by atoms with van der Waals surface area (Å²) < 4.78 is 14.6. The molecular formula is C22H20ClN5O5. The summed E-state index contributed by atoms with van der Waals surface area (Å²) in [5, 5.41) is 3.04. The first-order chi connectivity index (χ1) is 15.8. The normalized spacial score (nSPS) is 10.9. The largest absolute Gasteiger partial charge is 0.497 e. The number of fused-ring (bicyclic) bond motifs is 1. The van der Waals surface area contributed by atoms with E-state index in [9.17, 15) is 14.4 Å². The molecule has 0 spiro atoms. The van der Waals surface area contributed by atoms with Gasteiger partial charge in [0, 0.05) is 19.1 Å². The minimum atomic E-state index is -0.651. The zero-order chi connectivity index (χ0) is 23.7. The van der Waals surface area contributed by atoms with E-state index in [2.05, 4.69) is 10.3 Å². The summed E-state index contributed by atoms with van der Waals surface area (Å²) in [4.78, 5) is 42.4. The third kappa shape index (κ3) is 4.33. The lowest BCUT2D eigenvalue weighted by molar-refractivity contribution is -0.116. The number of hydrogen-bond acceptors (Lipinski definition) is 6. The first kappa shape index (κ1) is 22.2. The summed E-state index contributed by atoms with van der Waals surface area (Å²) in [7, 11) is 4.69. The molecule has 4 aromatic rings. The fraction of sp³-hybridized carbons (Fsp3) is 0.182. The molecule has 1 N–H and O–H groups in total. The van der Waals surface area contributed by atoms with E-state index < -0.39 is 23.7 Å². The van der Waals surface area contributed by atoms with Gasteiger partial charge in [-0.3, -0.25) is 14.2 Å². The van der Waals surface area contributed by atoms with Crippen LogP contribution in [0.1, 0.15) is 0 Å². The Bertz CT molecular complexity index is 1470. The SMILES string of the molecule is COc1ccc(Oc2ccc(Cl)cc2NC(=O)Cn2c(=O)c3c(ncn3C)n(C)c2=O)cc1. The van der Waals surface area contributed by atoms with Crippen LogP contribution in [-0.4, -0.2) is 31.7 Å². The van der Waals surface area contributed by atoms with Crippen LogP contribution in [0.3, 0.4) is 0 Å². The third-order valence-corrected chi connectivity index (χ3v) is 5.24. The number of carbonyl (C=O) groups excluding carboxylic acids is 1. The molecule has 2 heterocycles. The summed E-state index contributed by atoms with van der Waals surface area (Å²) in [5.41, 5.74) is -0.508. The van der Waals surface area contributed by atoms with Crippen LogP contribution in [0.15, 0.2) is 58.4 Å². The number of rotatable bonds is 6. The van der Waals surface area contributed by atoms with Gasteiger partial charge in [0.25, 0.3) is 5.56 Å². The number of methoxy groups -OCH3 is 1. The molecule has 2 aromatic heterocycles. The highest BCUT2D eigenvalue weighted by molar-refractivity contribution is 6.31. The van der Waals surface area contributed by atoms with E-state index in [4.69, 9.17) is 21.1 Å². The predicted molar refractivity (Wildman–Crippen MR) is 123 cm³/mol. The van der Waals surface area contributed by atoms with Crippen LogP contribution in [0.5, 0.6) is 17.2 Å². The van der Waals surface area contributed by atoms with Crippen molar-refractivity contribution in [2.24, 2.45) is 14.1 Å². The number of aromatic nitrogens is 4. The quantitative estimate of drug-likeness (QED) is 0.464. The summed E-state index contributed by atoms with van der Waals surface area (Å²) in [5.74, 6) is 0.919. The van der Waals surface area contributed by atoms with E-state index in [0.717, 1.165) is 4.57 Å². The molecule has 2 aromatic carbocycles. The molecular weight excluding hydrogens is 450 g/mol. The van der Waals surface area contributed by atoms with Gasteiger partial charge in [0.2, 0.25) is 5.91 Å². The van der Waals surface area contributed by atoms with Crippen molar-refractivity contribution in [1.29, 1.82) is 0 Å². The van der Waals surface area contributed by atoms with Crippen LogP contribution in [0.4, 0.5) is 5.69 Å². The second kappa shape index (κ2) is 8.83. The molecule has 0 saturated carbocycles. The van der Waals surface area contributed by atoms with Crippen LogP contribution >= 0.6 is 11.6 Å². The van der Waals surface area contributed by atoms with Crippen LogP contribution in [0, 0.1) is 0 Å². The standard InChI is InChI=1S/C22H20ClN5O5/c1-26-12-24-20-19(26)21(30)28(22(31)27(20)2)11-18(29)25-16-10-13(23)4-9-17(16)33-15-7-5-14(32-3)6-8-15/h4-10,12H,11H2,1-3H3,(H,25,29). The molecule has 1 amide bonds. The van der Waals surface area contributed by atoms with Crippen molar-refractivity contribution in [3.63, 3.8) is 0 Å². The van der Waals surface area contributed by atoms with Gasteiger partial charge < -0.3 is 19.4 Å². The summed E-state index contributed by atoms with van der Waals surface area (Å²) >= 11 is 6.10. The van der Waals surface area contributed by atoms with Crippen LogP contribution in [-0.2, 0) is 25.4 Å². The Morgan fingerprint density at radius 1 is 1.09 bits per heavy atom. The molecule has 10 nitrogen and oxygen atoms in total. The lowest BCUT2D eigenvalue weighted by atomic mass is 10.2. The molecule has 0 atom stereocenters. The smallest absolute Gasteiger partial charge is 0.332 e. The van der Waals surface area contributed by atoms with Crippen molar-refractivity contribution in [3.8, 4) is 17.2 Å². The van der Waals surface area contributed by atoms with Gasteiger partial charge in [-0.1, -0.05) is 11.6 Å². The van der Waals surface area contributed by atoms with E-state index in [1.54, 1.807) is 50.6 Å². The highest BCUT2D eigenvalue weighted by atomic mass is 35.5. The number of aryl methyl sites for hydroxylation is 2. The van der Waals surface area contributed by atoms with Crippen molar-refractivity contribution in [2.45, 2.75) is 6.54 Å². The average Bonchev–Trinajstić information content (AvgIpc) is 3.19. The minimum Gasteiger partial charge on any atom is -0.497 e. The molecule has 170 valence electrons. The molecule has 0 aliphatic heterocycles. The minimum absolute atomic E-state index is 0.219. The number of hydrogen-bond donors (Lipinski definition) is 1. The molecule has 11 heteroatoms. The first-order valence-electron chi connectivity index (χ1n) is 9.80. The van der Waals surface area contributed by atoms with Crippen LogP contribution in [0.2, 0.25) is 5.02 Å². The third-order valence-electron chi connectivity index (χ3n) is 5.01. The monoisotopic (exact) mass is 469 g/mol. The predicted octanol–water partition coefficient (Wildman–Crippen LogP) is 2.53. The van der Waals surface area contributed by atoms with Gasteiger partial charge in [-0.05, 0) is 42.5 Å². The lowest BCUT2D eigenvalue weighted by Gasteiger charge is -2.14. The lowest BCUT2D eigenvalue weighted by Crippen LogP contribution is -2.42. The van der Waals surface area contributed by atoms with Crippen LogP contribution in [0.25, 0.3) is 11.2 Å². The van der Waals surface area contributed by atoms with Crippen molar-refractivity contribution >= 4 is 34.4 Å². The number of nitrogens with zero attached hydrogens (tertiary/aromatic N) is 4. The molecule has 4 rings (SSSR count). The van der Waals surface area contributed by atoms with Gasteiger partial charge in [-0.25, -0.2) is 14.3 Å². The Labute approximate surface area is 192 Å². The maximum atomic E-state index is 12.8. The Balaban J connectivity index is 1.62. The van der Waals surface area contributed by atoms with Crippen molar-refractivity contribution in [1.82, 2.24) is 18.7 Å². The molecule has 0 bridgehead atoms. The average molecular weight is 470 g/mol. The van der Waals surface area contributed by atoms with Gasteiger partial charge in [-0.2, -0.15) is 0 Å². The van der Waals surface area contributed by atoms with Crippen molar-refractivity contribution < 1.29 is 14.3 Å². The zero-order valence-electron chi connectivity index (χ0n) is 18.0. The summed E-state index contributed by atoms with van der Waals surface area (Å²) in [6.45, 7) is -0.499. The molecule has 0 unspecified atom stereocenters. The molecule has 0 radical (unpaired) electrons. The number of carbonyl (C=O) groups is 1. The summed E-state index contributed by atoms with van der Waals surface area (Å²) in [6, 6.07) is 11.6. The molecule has 0 saturated heterocycles. The van der Waals surface area contributed by atoms with Gasteiger partial charge >= 0.3 is 5.69 Å². The maximum Gasteiger partial charge on any atom is 0.332 e. The van der Waals surface area contributed by atoms with Gasteiger partial charge in [-0.15, -0.1) is 0 Å². The number of anilines is 1. The first-order valence-corrected chi connectivity index (χ1v) is 10.2. The Hall–Kier alpha value is -4.05. The molecule has 0 aliphatic rings. The number of benzene rings is 2. The van der Waals surface area contributed by atoms with Gasteiger partial charge in [0.15, 0.2) is 16.9 Å². The number of halogens is 1. The second-order valence-electron chi connectivity index (χ2n) is 7.23. The van der Waals surface area contributed by atoms with Crippen LogP contribution < -0.4 is 26.0 Å². The van der Waals surface area contributed by atoms with E-state index in [1.807, 2.05) is 0 Å². The van der Waals surface area contributed by atoms with Crippen molar-refractivity contribution in [2.75, 3.05) is 12.4 Å². The topological polar surface area (TPSA) is 109 Å². The Morgan fingerprint density at radius 2 is 1.79 bits per heavy atom. The van der Waals surface area contributed by atoms with Gasteiger partial charge in [0.1, 0.15) is 18.0 Å². The van der Waals surface area contributed by atoms with Crippen molar-refractivity contribution in [3.05, 3.63) is 74.7 Å². The zero-order valence-corrected chi connectivity index (χ0v) is 18.8. The summed E-state index contributed by atoms with van der Waals surface area (Å²) in [6.07, 6.45) is 1.44. The number of amides is 1. The molecule has 33 heavy (non-hydrogen) atoms. The number of imidazole rings is 1. The Morgan fingerprint density at radius 3 is 2.48 bits per heavy atom. The fourth-order valence-electron chi connectivity index (χ4n) is 3.33. The Kier molecular flexibility index (Phi) is 5.93. The van der Waals surface area contributed by atoms with Gasteiger partial charge in [0.05, 0.1) is 19.1 Å². The fourth-order valence-corrected chi connectivity index (χ4v) is 3.50. The maximum absolute atomic E-state index is 12.8. The number of nitrogens with one attached hydrogen (secondary N) is 1. The highest BCUT2D eigenvalue weighted by Crippen LogP contribution is 2.32. The second-order valence-corrected chi connectivity index (χ2v) is 7.66. The van der Waals surface area contributed by atoms with E-state index in [1.165, 1.54) is 28.6 Å². The highest BCUT2D eigenvalue weighted by Gasteiger charge is 2.18. The molecule has 0 fully saturated rings. The van der Waals surface area contributed by atoms with E-state index in [0.29, 0.717) is 22.3 Å². The number of ether oxygens (including phenoxy) is 2. The molecule has 0 aliphatic carbocycles.